The van der Waals surface area contributed by atoms with E-state index in [9.17, 15) is 13.2 Å². The van der Waals surface area contributed by atoms with Crippen molar-refractivity contribution in [3.05, 3.63) is 38.7 Å². The lowest BCUT2D eigenvalue weighted by molar-refractivity contribution is -0.112. The molecule has 1 saturated heterocycles. The van der Waals surface area contributed by atoms with Crippen LogP contribution < -0.4 is 0 Å². The van der Waals surface area contributed by atoms with Crippen LogP contribution in [0.4, 0.5) is 0 Å². The van der Waals surface area contributed by atoms with Crippen molar-refractivity contribution in [3.63, 3.8) is 0 Å². The summed E-state index contributed by atoms with van der Waals surface area (Å²) in [5.41, 5.74) is 0.525. The first-order valence-corrected chi connectivity index (χ1v) is 8.70. The summed E-state index contributed by atoms with van der Waals surface area (Å²) < 4.78 is 26.4. The summed E-state index contributed by atoms with van der Waals surface area (Å²) in [4.78, 5) is 11.6. The van der Waals surface area contributed by atoms with Crippen LogP contribution in [0.2, 0.25) is 10.0 Å². The molecule has 0 N–H and O–H groups in total. The normalized spacial score (nSPS) is 17.2. The van der Waals surface area contributed by atoms with Gasteiger partial charge in [-0.25, -0.2) is 8.42 Å². The minimum Gasteiger partial charge on any atom is -0.294 e. The monoisotopic (exact) mass is 347 g/mol. The molecule has 0 saturated carbocycles. The first kappa shape index (κ1) is 16.5. The smallest absolute Gasteiger partial charge is 0.246 e. The fourth-order valence-electron chi connectivity index (χ4n) is 2.18. The van der Waals surface area contributed by atoms with Gasteiger partial charge < -0.3 is 0 Å². The van der Waals surface area contributed by atoms with Crippen molar-refractivity contribution in [1.82, 2.24) is 4.31 Å². The first-order valence-electron chi connectivity index (χ1n) is 6.50. The Morgan fingerprint density at radius 2 is 1.81 bits per heavy atom. The third-order valence-corrected chi connectivity index (χ3v) is 6.02. The van der Waals surface area contributed by atoms with E-state index in [0.29, 0.717) is 28.7 Å². The third kappa shape index (κ3) is 3.66. The van der Waals surface area contributed by atoms with E-state index in [-0.39, 0.29) is 4.91 Å². The molecule has 0 radical (unpaired) electrons. The molecule has 0 bridgehead atoms. The number of carbonyl (C=O) groups is 1. The van der Waals surface area contributed by atoms with Crippen molar-refractivity contribution in [2.24, 2.45) is 0 Å². The maximum absolute atomic E-state index is 12.5. The number of benzene rings is 1. The Kier molecular flexibility index (Phi) is 5.09. The number of rotatable bonds is 4. The van der Waals surface area contributed by atoms with Crippen LogP contribution in [-0.4, -0.2) is 31.6 Å². The van der Waals surface area contributed by atoms with E-state index in [4.69, 9.17) is 23.2 Å². The summed E-state index contributed by atoms with van der Waals surface area (Å²) in [6, 6.07) is 4.72. The van der Waals surface area contributed by atoms with Crippen molar-refractivity contribution in [3.8, 4) is 0 Å². The highest BCUT2D eigenvalue weighted by atomic mass is 35.5. The molecular formula is C14H15Cl2NO3S. The Morgan fingerprint density at radius 1 is 1.19 bits per heavy atom. The number of ketones is 1. The average Bonchev–Trinajstić information content (AvgIpc) is 2.94. The maximum atomic E-state index is 12.5. The fourth-order valence-corrected chi connectivity index (χ4v) is 4.15. The van der Waals surface area contributed by atoms with Gasteiger partial charge in [-0.3, -0.25) is 4.79 Å². The number of allylic oxidation sites excluding steroid dienone is 1. The first-order chi connectivity index (χ1) is 9.82. The van der Waals surface area contributed by atoms with Crippen molar-refractivity contribution < 1.29 is 13.2 Å². The molecule has 1 aliphatic rings. The van der Waals surface area contributed by atoms with Gasteiger partial charge in [-0.05, 0) is 43.5 Å². The second kappa shape index (κ2) is 6.48. The average molecular weight is 348 g/mol. The molecule has 4 nitrogen and oxygen atoms in total. The SMILES string of the molecule is CC(=O)C(=Cc1ccc(Cl)c(Cl)c1)S(=O)(=O)N1CCCC1. The molecule has 0 aliphatic carbocycles. The quantitative estimate of drug-likeness (QED) is 0.784. The predicted molar refractivity (Wildman–Crippen MR) is 84.8 cm³/mol. The van der Waals surface area contributed by atoms with Gasteiger partial charge in [0.1, 0.15) is 4.91 Å². The largest absolute Gasteiger partial charge is 0.294 e. The zero-order valence-electron chi connectivity index (χ0n) is 11.5. The molecule has 0 atom stereocenters. The van der Waals surface area contributed by atoms with Gasteiger partial charge in [-0.2, -0.15) is 4.31 Å². The fraction of sp³-hybridized carbons (Fsp3) is 0.357. The number of sulfonamides is 1. The summed E-state index contributed by atoms with van der Waals surface area (Å²) in [5.74, 6) is -0.493. The molecule has 2 rings (SSSR count). The molecule has 1 aromatic carbocycles. The summed E-state index contributed by atoms with van der Waals surface area (Å²) in [7, 11) is -3.75. The molecular weight excluding hydrogens is 333 g/mol. The summed E-state index contributed by atoms with van der Waals surface area (Å²) >= 11 is 11.7. The highest BCUT2D eigenvalue weighted by Crippen LogP contribution is 2.26. The summed E-state index contributed by atoms with van der Waals surface area (Å²) in [6.07, 6.45) is 2.98. The molecule has 21 heavy (non-hydrogen) atoms. The van der Waals surface area contributed by atoms with Crippen molar-refractivity contribution >= 4 is 45.1 Å². The van der Waals surface area contributed by atoms with Gasteiger partial charge in [0.2, 0.25) is 10.0 Å². The van der Waals surface area contributed by atoms with E-state index in [1.54, 1.807) is 12.1 Å². The minimum atomic E-state index is -3.75. The van der Waals surface area contributed by atoms with Crippen LogP contribution in [0.5, 0.6) is 0 Å². The van der Waals surface area contributed by atoms with Crippen molar-refractivity contribution in [2.45, 2.75) is 19.8 Å². The van der Waals surface area contributed by atoms with Crippen LogP contribution in [0.1, 0.15) is 25.3 Å². The van der Waals surface area contributed by atoms with Crippen LogP contribution in [-0.2, 0) is 14.8 Å². The van der Waals surface area contributed by atoms with Crippen LogP contribution in [0.15, 0.2) is 23.1 Å². The molecule has 0 unspecified atom stereocenters. The summed E-state index contributed by atoms with van der Waals surface area (Å²) in [5, 5.41) is 0.687. The number of halogens is 2. The van der Waals surface area contributed by atoms with Crippen molar-refractivity contribution in [1.29, 1.82) is 0 Å². The Labute approximate surface area is 134 Å². The Balaban J connectivity index is 2.45. The van der Waals surface area contributed by atoms with E-state index in [0.717, 1.165) is 12.8 Å². The van der Waals surface area contributed by atoms with E-state index in [2.05, 4.69) is 0 Å². The predicted octanol–water partition coefficient (Wildman–Crippen LogP) is 3.35. The van der Waals surface area contributed by atoms with Gasteiger partial charge in [-0.1, -0.05) is 29.3 Å². The van der Waals surface area contributed by atoms with E-state index in [1.807, 2.05) is 0 Å². The van der Waals surface area contributed by atoms with Gasteiger partial charge >= 0.3 is 0 Å². The molecule has 1 fully saturated rings. The molecule has 0 aromatic heterocycles. The number of hydrogen-bond donors (Lipinski definition) is 0. The maximum Gasteiger partial charge on any atom is 0.246 e. The zero-order valence-corrected chi connectivity index (χ0v) is 13.8. The van der Waals surface area contributed by atoms with Crippen LogP contribution in [0.25, 0.3) is 6.08 Å². The second-order valence-electron chi connectivity index (χ2n) is 4.85. The van der Waals surface area contributed by atoms with Crippen molar-refractivity contribution in [2.75, 3.05) is 13.1 Å². The number of carbonyl (C=O) groups excluding carboxylic acids is 1. The lowest BCUT2D eigenvalue weighted by Crippen LogP contribution is -2.31. The Bertz CT molecular complexity index is 692. The highest BCUT2D eigenvalue weighted by Gasteiger charge is 2.31. The molecule has 1 aliphatic heterocycles. The Morgan fingerprint density at radius 3 is 2.33 bits per heavy atom. The molecule has 1 heterocycles. The topological polar surface area (TPSA) is 54.5 Å². The molecule has 7 heteroatoms. The van der Waals surface area contributed by atoms with E-state index < -0.39 is 15.8 Å². The standard InChI is InChI=1S/C14H15Cl2NO3S/c1-10(18)14(21(19,20)17-6-2-3-7-17)9-11-4-5-12(15)13(16)8-11/h4-5,8-9H,2-3,6-7H2,1H3. The molecule has 0 amide bonds. The molecule has 1 aromatic rings. The van der Waals surface area contributed by atoms with Gasteiger partial charge in [0.15, 0.2) is 5.78 Å². The third-order valence-electron chi connectivity index (χ3n) is 3.27. The minimum absolute atomic E-state index is 0.220. The molecule has 114 valence electrons. The molecule has 0 spiro atoms. The number of hydrogen-bond acceptors (Lipinski definition) is 3. The van der Waals surface area contributed by atoms with Gasteiger partial charge in [0, 0.05) is 13.1 Å². The lowest BCUT2D eigenvalue weighted by atomic mass is 10.2. The zero-order chi connectivity index (χ0) is 15.6. The van der Waals surface area contributed by atoms with Gasteiger partial charge in [0.25, 0.3) is 0 Å². The lowest BCUT2D eigenvalue weighted by Gasteiger charge is -2.16. The Hall–Kier alpha value is -0.880. The van der Waals surface area contributed by atoms with Crippen LogP contribution in [0.3, 0.4) is 0 Å². The van der Waals surface area contributed by atoms with Crippen LogP contribution >= 0.6 is 23.2 Å². The number of nitrogens with zero attached hydrogens (tertiary/aromatic N) is 1. The summed E-state index contributed by atoms with van der Waals surface area (Å²) in [6.45, 7) is 2.15. The van der Waals surface area contributed by atoms with Gasteiger partial charge in [0.05, 0.1) is 10.0 Å². The van der Waals surface area contributed by atoms with Crippen LogP contribution in [0, 0.1) is 0 Å². The second-order valence-corrected chi connectivity index (χ2v) is 7.57. The van der Waals surface area contributed by atoms with E-state index >= 15 is 0 Å². The van der Waals surface area contributed by atoms with Gasteiger partial charge in [-0.15, -0.1) is 0 Å². The highest BCUT2D eigenvalue weighted by molar-refractivity contribution is 7.94. The number of Topliss-reactive ketones (excluding diaryl/α,β-unsaturated/α-hetero) is 1. The van der Waals surface area contributed by atoms with E-state index in [1.165, 1.54) is 23.4 Å².